The Bertz CT molecular complexity index is 1330. The van der Waals surface area contributed by atoms with Gasteiger partial charge >= 0.3 is 0 Å². The zero-order valence-corrected chi connectivity index (χ0v) is 17.6. The summed E-state index contributed by atoms with van der Waals surface area (Å²) < 4.78 is 3.51. The Balaban J connectivity index is 1.71. The highest BCUT2D eigenvalue weighted by molar-refractivity contribution is 7.99. The topological polar surface area (TPSA) is 81.3 Å². The highest BCUT2D eigenvalue weighted by Crippen LogP contribution is 2.26. The molecule has 152 valence electrons. The molecule has 1 aliphatic carbocycles. The summed E-state index contributed by atoms with van der Waals surface area (Å²) in [4.78, 5) is 25.6. The molecule has 1 amide bonds. The summed E-state index contributed by atoms with van der Waals surface area (Å²) in [6, 6.07) is 13.7. The SMILES string of the molecule is Cc1cccc(C)c1-n1c(=O)c2ccccc2n2c(SCC(=O)NC3CC3)nnc12. The van der Waals surface area contributed by atoms with E-state index in [1.807, 2.05) is 60.7 Å². The second kappa shape index (κ2) is 7.28. The molecule has 1 fully saturated rings. The maximum absolute atomic E-state index is 13.5. The van der Waals surface area contributed by atoms with Crippen LogP contribution in [0.25, 0.3) is 22.4 Å². The summed E-state index contributed by atoms with van der Waals surface area (Å²) in [6.45, 7) is 3.96. The third-order valence-electron chi connectivity index (χ3n) is 5.33. The lowest BCUT2D eigenvalue weighted by Crippen LogP contribution is -2.27. The van der Waals surface area contributed by atoms with E-state index in [0.29, 0.717) is 22.4 Å². The van der Waals surface area contributed by atoms with Crippen molar-refractivity contribution in [2.24, 2.45) is 0 Å². The monoisotopic (exact) mass is 419 g/mol. The van der Waals surface area contributed by atoms with E-state index in [9.17, 15) is 9.59 Å². The van der Waals surface area contributed by atoms with Gasteiger partial charge in [-0.25, -0.2) is 4.57 Å². The third kappa shape index (κ3) is 3.17. The second-order valence-corrected chi connectivity index (χ2v) is 8.59. The van der Waals surface area contributed by atoms with E-state index in [2.05, 4.69) is 15.5 Å². The minimum absolute atomic E-state index is 0.00775. The number of thioether (sulfide) groups is 1. The van der Waals surface area contributed by atoms with Gasteiger partial charge in [-0.1, -0.05) is 42.1 Å². The van der Waals surface area contributed by atoms with Crippen molar-refractivity contribution in [3.63, 3.8) is 0 Å². The number of nitrogens with one attached hydrogen (secondary N) is 1. The van der Waals surface area contributed by atoms with Crippen LogP contribution >= 0.6 is 11.8 Å². The number of nitrogens with zero attached hydrogens (tertiary/aromatic N) is 4. The zero-order valence-electron chi connectivity index (χ0n) is 16.8. The predicted octanol–water partition coefficient (Wildman–Crippen LogP) is 3.02. The molecule has 4 aromatic rings. The standard InChI is InChI=1S/C22H21N5O2S/c1-13-6-5-7-14(2)19(13)27-20(29)16-8-3-4-9-17(16)26-21(27)24-25-22(26)30-12-18(28)23-15-10-11-15/h3-9,15H,10-12H2,1-2H3,(H,23,28). The van der Waals surface area contributed by atoms with Crippen molar-refractivity contribution in [1.82, 2.24) is 24.5 Å². The quantitative estimate of drug-likeness (QED) is 0.503. The lowest BCUT2D eigenvalue weighted by molar-refractivity contribution is -0.118. The lowest BCUT2D eigenvalue weighted by Gasteiger charge is -2.15. The van der Waals surface area contributed by atoms with Crippen LogP contribution in [-0.2, 0) is 4.79 Å². The van der Waals surface area contributed by atoms with Crippen LogP contribution in [0.4, 0.5) is 0 Å². The summed E-state index contributed by atoms with van der Waals surface area (Å²) in [5, 5.41) is 12.9. The molecule has 1 saturated carbocycles. The summed E-state index contributed by atoms with van der Waals surface area (Å²) in [6.07, 6.45) is 2.11. The van der Waals surface area contributed by atoms with Crippen molar-refractivity contribution in [2.75, 3.05) is 5.75 Å². The van der Waals surface area contributed by atoms with Crippen molar-refractivity contribution >= 4 is 34.3 Å². The first kappa shape index (κ1) is 18.9. The predicted molar refractivity (Wildman–Crippen MR) is 117 cm³/mol. The van der Waals surface area contributed by atoms with Crippen LogP contribution in [-0.4, -0.2) is 36.9 Å². The number of amides is 1. The molecule has 1 N–H and O–H groups in total. The fourth-order valence-electron chi connectivity index (χ4n) is 3.76. The summed E-state index contributed by atoms with van der Waals surface area (Å²) in [5.41, 5.74) is 3.38. The van der Waals surface area contributed by atoms with Crippen LogP contribution in [0, 0.1) is 13.8 Å². The Labute approximate surface area is 177 Å². The Morgan fingerprint density at radius 2 is 1.83 bits per heavy atom. The molecular weight excluding hydrogens is 398 g/mol. The largest absolute Gasteiger partial charge is 0.353 e. The number of benzene rings is 2. The fraction of sp³-hybridized carbons (Fsp3) is 0.273. The third-order valence-corrected chi connectivity index (χ3v) is 6.26. The van der Waals surface area contributed by atoms with Crippen LogP contribution in [0.15, 0.2) is 52.4 Å². The number of para-hydroxylation sites is 2. The van der Waals surface area contributed by atoms with Gasteiger partial charge in [0.05, 0.1) is 22.3 Å². The molecule has 0 unspecified atom stereocenters. The number of carbonyl (C=O) groups excluding carboxylic acids is 1. The van der Waals surface area contributed by atoms with Gasteiger partial charge in [-0.15, -0.1) is 10.2 Å². The first-order valence-electron chi connectivity index (χ1n) is 9.92. The Morgan fingerprint density at radius 3 is 2.57 bits per heavy atom. The van der Waals surface area contributed by atoms with Gasteiger partial charge in [0.1, 0.15) is 0 Å². The fourth-order valence-corrected chi connectivity index (χ4v) is 4.51. The number of fused-ring (bicyclic) bond motifs is 3. The summed E-state index contributed by atoms with van der Waals surface area (Å²) in [5.74, 6) is 0.696. The normalized spacial score (nSPS) is 13.8. The second-order valence-electron chi connectivity index (χ2n) is 7.65. The molecule has 0 radical (unpaired) electrons. The minimum atomic E-state index is -0.133. The molecule has 1 aliphatic rings. The van der Waals surface area contributed by atoms with Gasteiger partial charge < -0.3 is 5.32 Å². The number of hydrogen-bond acceptors (Lipinski definition) is 5. The van der Waals surface area contributed by atoms with Gasteiger partial charge in [-0.05, 0) is 49.9 Å². The first-order valence-corrected chi connectivity index (χ1v) is 10.9. The highest BCUT2D eigenvalue weighted by atomic mass is 32.2. The average Bonchev–Trinajstić information content (AvgIpc) is 3.44. The average molecular weight is 420 g/mol. The van der Waals surface area contributed by atoms with Crippen molar-refractivity contribution < 1.29 is 4.79 Å². The van der Waals surface area contributed by atoms with Gasteiger partial charge in [0.15, 0.2) is 5.16 Å². The minimum Gasteiger partial charge on any atom is -0.353 e. The molecule has 30 heavy (non-hydrogen) atoms. The number of carbonyl (C=O) groups is 1. The molecule has 8 heteroatoms. The first-order chi connectivity index (χ1) is 14.5. The van der Waals surface area contributed by atoms with E-state index in [-0.39, 0.29) is 17.2 Å². The summed E-state index contributed by atoms with van der Waals surface area (Å²) in [7, 11) is 0. The van der Waals surface area contributed by atoms with E-state index >= 15 is 0 Å². The van der Waals surface area contributed by atoms with Crippen molar-refractivity contribution in [3.05, 3.63) is 63.9 Å². The Morgan fingerprint density at radius 1 is 1.10 bits per heavy atom. The van der Waals surface area contributed by atoms with Crippen molar-refractivity contribution in [3.8, 4) is 5.69 Å². The van der Waals surface area contributed by atoms with Crippen LogP contribution in [0.3, 0.4) is 0 Å². The molecule has 0 atom stereocenters. The number of aromatic nitrogens is 4. The van der Waals surface area contributed by atoms with Crippen molar-refractivity contribution in [2.45, 2.75) is 37.9 Å². The zero-order chi connectivity index (χ0) is 20.8. The molecular formula is C22H21N5O2S. The van der Waals surface area contributed by atoms with Crippen LogP contribution in [0.5, 0.6) is 0 Å². The van der Waals surface area contributed by atoms with Gasteiger partial charge in [-0.3, -0.25) is 14.0 Å². The van der Waals surface area contributed by atoms with Crippen molar-refractivity contribution in [1.29, 1.82) is 0 Å². The molecule has 7 nitrogen and oxygen atoms in total. The molecule has 0 saturated heterocycles. The number of aryl methyl sites for hydroxylation is 2. The number of rotatable bonds is 5. The lowest BCUT2D eigenvalue weighted by atomic mass is 10.1. The maximum atomic E-state index is 13.5. The maximum Gasteiger partial charge on any atom is 0.267 e. The van der Waals surface area contributed by atoms with E-state index in [0.717, 1.165) is 35.2 Å². The molecule has 0 spiro atoms. The van der Waals surface area contributed by atoms with E-state index in [4.69, 9.17) is 0 Å². The van der Waals surface area contributed by atoms with Crippen LogP contribution in [0.2, 0.25) is 0 Å². The smallest absolute Gasteiger partial charge is 0.267 e. The molecule has 2 heterocycles. The molecule has 2 aromatic heterocycles. The molecule has 5 rings (SSSR count). The van der Waals surface area contributed by atoms with Crippen LogP contribution < -0.4 is 10.9 Å². The van der Waals surface area contributed by atoms with Crippen LogP contribution in [0.1, 0.15) is 24.0 Å². The van der Waals surface area contributed by atoms with Gasteiger partial charge in [0.25, 0.3) is 5.56 Å². The Kier molecular flexibility index (Phi) is 4.58. The van der Waals surface area contributed by atoms with E-state index < -0.39 is 0 Å². The Hall–Kier alpha value is -3.13. The van der Waals surface area contributed by atoms with Gasteiger partial charge in [0.2, 0.25) is 11.7 Å². The molecule has 2 aromatic carbocycles. The number of hydrogen-bond donors (Lipinski definition) is 1. The summed E-state index contributed by atoms with van der Waals surface area (Å²) >= 11 is 1.33. The molecule has 0 aliphatic heterocycles. The van der Waals surface area contributed by atoms with E-state index in [1.54, 1.807) is 4.57 Å². The van der Waals surface area contributed by atoms with Gasteiger partial charge in [0, 0.05) is 6.04 Å². The van der Waals surface area contributed by atoms with E-state index in [1.165, 1.54) is 11.8 Å². The van der Waals surface area contributed by atoms with Gasteiger partial charge in [-0.2, -0.15) is 0 Å². The molecule has 0 bridgehead atoms. The highest BCUT2D eigenvalue weighted by Gasteiger charge is 2.24.